The molecule has 4 nitrogen and oxygen atoms in total. The molecule has 0 heterocycles. The van der Waals surface area contributed by atoms with Gasteiger partial charge in [0, 0.05) is 10.6 Å². The summed E-state index contributed by atoms with van der Waals surface area (Å²) in [6.45, 7) is 4.94. The van der Waals surface area contributed by atoms with Crippen molar-refractivity contribution in [2.45, 2.75) is 26.3 Å². The fourth-order valence-electron chi connectivity index (χ4n) is 1.39. The first-order valence-corrected chi connectivity index (χ1v) is 6.54. The average Bonchev–Trinajstić information content (AvgIpc) is 2.30. The van der Waals surface area contributed by atoms with Crippen molar-refractivity contribution >= 4 is 34.5 Å². The van der Waals surface area contributed by atoms with E-state index in [4.69, 9.17) is 5.11 Å². The molecule has 0 aliphatic heterocycles. The molecule has 0 radical (unpaired) electrons. The third-order valence-corrected chi connectivity index (χ3v) is 4.52. The van der Waals surface area contributed by atoms with Crippen molar-refractivity contribution in [1.29, 1.82) is 0 Å². The van der Waals surface area contributed by atoms with Crippen molar-refractivity contribution in [2.75, 3.05) is 7.05 Å². The molecule has 5 heteroatoms. The van der Waals surface area contributed by atoms with E-state index >= 15 is 0 Å². The fourth-order valence-corrected chi connectivity index (χ4v) is 1.98. The SMILES string of the molecule is Cc1cccc(C(=O)N(C)C(C)(C)C(=O)O)c1I. The molecule has 1 aromatic rings. The van der Waals surface area contributed by atoms with E-state index in [1.807, 2.05) is 13.0 Å². The van der Waals surface area contributed by atoms with Crippen LogP contribution >= 0.6 is 22.6 Å². The van der Waals surface area contributed by atoms with Crippen LogP contribution < -0.4 is 0 Å². The van der Waals surface area contributed by atoms with Crippen LogP contribution in [0.1, 0.15) is 29.8 Å². The summed E-state index contributed by atoms with van der Waals surface area (Å²) in [7, 11) is 1.51. The Balaban J connectivity index is 3.16. The molecule has 0 saturated carbocycles. The van der Waals surface area contributed by atoms with Gasteiger partial charge in [0.2, 0.25) is 0 Å². The second-order valence-electron chi connectivity index (χ2n) is 4.66. The van der Waals surface area contributed by atoms with E-state index in [1.165, 1.54) is 25.8 Å². The van der Waals surface area contributed by atoms with Crippen molar-refractivity contribution < 1.29 is 14.7 Å². The number of halogens is 1. The van der Waals surface area contributed by atoms with Crippen LogP contribution in [0.3, 0.4) is 0 Å². The van der Waals surface area contributed by atoms with E-state index in [1.54, 1.807) is 12.1 Å². The summed E-state index contributed by atoms with van der Waals surface area (Å²) in [5.41, 5.74) is 0.305. The summed E-state index contributed by atoms with van der Waals surface area (Å²) in [6, 6.07) is 5.43. The average molecular weight is 361 g/mol. The standard InChI is InChI=1S/C13H16INO3/c1-8-6-5-7-9(10(8)14)11(16)15(4)13(2,3)12(17)18/h5-7H,1-4H3,(H,17,18). The molecule has 0 aliphatic carbocycles. The second kappa shape index (κ2) is 5.26. The Morgan fingerprint density at radius 2 is 1.89 bits per heavy atom. The topological polar surface area (TPSA) is 57.6 Å². The Labute approximate surface area is 120 Å². The Morgan fingerprint density at radius 1 is 1.33 bits per heavy atom. The minimum Gasteiger partial charge on any atom is -0.480 e. The molecule has 0 spiro atoms. The van der Waals surface area contributed by atoms with Gasteiger partial charge in [-0.2, -0.15) is 0 Å². The number of carbonyl (C=O) groups is 2. The lowest BCUT2D eigenvalue weighted by molar-refractivity contribution is -0.147. The lowest BCUT2D eigenvalue weighted by Gasteiger charge is -2.32. The van der Waals surface area contributed by atoms with Crippen molar-refractivity contribution in [2.24, 2.45) is 0 Å². The molecule has 1 N–H and O–H groups in total. The number of amides is 1. The molecule has 1 amide bonds. The molecule has 1 aromatic carbocycles. The highest BCUT2D eigenvalue weighted by Crippen LogP contribution is 2.21. The summed E-state index contributed by atoms with van der Waals surface area (Å²) in [6.07, 6.45) is 0. The molecule has 18 heavy (non-hydrogen) atoms. The van der Waals surface area contributed by atoms with Crippen LogP contribution in [-0.4, -0.2) is 34.5 Å². The molecule has 1 rings (SSSR count). The summed E-state index contributed by atoms with van der Waals surface area (Å²) >= 11 is 2.10. The lowest BCUT2D eigenvalue weighted by Crippen LogP contribution is -2.50. The fraction of sp³-hybridized carbons (Fsp3) is 0.385. The van der Waals surface area contributed by atoms with Crippen LogP contribution in [0.5, 0.6) is 0 Å². The number of likely N-dealkylation sites (N-methyl/N-ethyl adjacent to an activating group) is 1. The van der Waals surface area contributed by atoms with Crippen molar-refractivity contribution in [3.05, 3.63) is 32.9 Å². The monoisotopic (exact) mass is 361 g/mol. The van der Waals surface area contributed by atoms with Crippen molar-refractivity contribution in [3.8, 4) is 0 Å². The summed E-state index contributed by atoms with van der Waals surface area (Å²) in [4.78, 5) is 24.7. The highest BCUT2D eigenvalue weighted by atomic mass is 127. The number of aliphatic carboxylic acids is 1. The van der Waals surface area contributed by atoms with E-state index in [0.29, 0.717) is 5.56 Å². The van der Waals surface area contributed by atoms with Gasteiger partial charge < -0.3 is 10.0 Å². The number of rotatable bonds is 3. The molecular formula is C13H16INO3. The van der Waals surface area contributed by atoms with E-state index < -0.39 is 11.5 Å². The quantitative estimate of drug-likeness (QED) is 0.842. The van der Waals surface area contributed by atoms with Gasteiger partial charge in [-0.25, -0.2) is 4.79 Å². The van der Waals surface area contributed by atoms with Gasteiger partial charge in [-0.05, 0) is 55.0 Å². The lowest BCUT2D eigenvalue weighted by atomic mass is 10.0. The zero-order valence-electron chi connectivity index (χ0n) is 10.8. The van der Waals surface area contributed by atoms with Crippen LogP contribution in [0.25, 0.3) is 0 Å². The zero-order valence-corrected chi connectivity index (χ0v) is 13.0. The number of carboxylic acid groups (broad SMARTS) is 1. The van der Waals surface area contributed by atoms with Crippen LogP contribution in [0, 0.1) is 10.5 Å². The van der Waals surface area contributed by atoms with Crippen LogP contribution in [-0.2, 0) is 4.79 Å². The number of nitrogens with zero attached hydrogens (tertiary/aromatic N) is 1. The van der Waals surface area contributed by atoms with Gasteiger partial charge in [-0.3, -0.25) is 4.79 Å². The number of hydrogen-bond donors (Lipinski definition) is 1. The predicted octanol–water partition coefficient (Wildman–Crippen LogP) is 2.53. The number of benzene rings is 1. The first-order valence-electron chi connectivity index (χ1n) is 5.46. The minimum absolute atomic E-state index is 0.282. The van der Waals surface area contributed by atoms with Crippen LogP contribution in [0.2, 0.25) is 0 Å². The smallest absolute Gasteiger partial charge is 0.329 e. The molecule has 0 fully saturated rings. The summed E-state index contributed by atoms with van der Waals surface area (Å²) in [5.74, 6) is -1.31. The molecule has 0 unspecified atom stereocenters. The van der Waals surface area contributed by atoms with E-state index in [9.17, 15) is 9.59 Å². The van der Waals surface area contributed by atoms with E-state index in [-0.39, 0.29) is 5.91 Å². The number of aryl methyl sites for hydroxylation is 1. The predicted molar refractivity (Wildman–Crippen MR) is 77.7 cm³/mol. The largest absolute Gasteiger partial charge is 0.480 e. The highest BCUT2D eigenvalue weighted by Gasteiger charge is 2.36. The van der Waals surface area contributed by atoms with Gasteiger partial charge in [0.25, 0.3) is 5.91 Å². The van der Waals surface area contributed by atoms with Gasteiger partial charge in [0.05, 0.1) is 5.56 Å². The first-order chi connectivity index (χ1) is 8.19. The van der Waals surface area contributed by atoms with Gasteiger partial charge in [0.15, 0.2) is 0 Å². The van der Waals surface area contributed by atoms with Crippen molar-refractivity contribution in [1.82, 2.24) is 4.90 Å². The molecule has 0 bridgehead atoms. The molecule has 98 valence electrons. The number of carboxylic acids is 1. The molecule has 0 aliphatic rings. The van der Waals surface area contributed by atoms with Gasteiger partial charge >= 0.3 is 5.97 Å². The van der Waals surface area contributed by atoms with Crippen LogP contribution in [0.15, 0.2) is 18.2 Å². The normalized spacial score (nSPS) is 11.2. The Morgan fingerprint density at radius 3 is 2.39 bits per heavy atom. The second-order valence-corrected chi connectivity index (χ2v) is 5.74. The Hall–Kier alpha value is -1.11. The zero-order chi connectivity index (χ0) is 14.1. The van der Waals surface area contributed by atoms with E-state index in [0.717, 1.165) is 9.13 Å². The number of carbonyl (C=O) groups excluding carboxylic acids is 1. The maximum Gasteiger partial charge on any atom is 0.329 e. The molecular weight excluding hydrogens is 345 g/mol. The molecule has 0 aromatic heterocycles. The van der Waals surface area contributed by atoms with Gasteiger partial charge in [-0.15, -0.1) is 0 Å². The minimum atomic E-state index is -1.23. The maximum absolute atomic E-state index is 12.3. The Bertz CT molecular complexity index is 497. The third kappa shape index (κ3) is 2.66. The first kappa shape index (κ1) is 14.9. The Kier molecular flexibility index (Phi) is 4.37. The molecule has 0 atom stereocenters. The highest BCUT2D eigenvalue weighted by molar-refractivity contribution is 14.1. The van der Waals surface area contributed by atoms with Crippen molar-refractivity contribution in [3.63, 3.8) is 0 Å². The summed E-state index contributed by atoms with van der Waals surface area (Å²) < 4.78 is 0.855. The third-order valence-electron chi connectivity index (χ3n) is 3.09. The van der Waals surface area contributed by atoms with E-state index in [2.05, 4.69) is 22.6 Å². The maximum atomic E-state index is 12.3. The van der Waals surface area contributed by atoms with Gasteiger partial charge in [0.1, 0.15) is 5.54 Å². The number of hydrogen-bond acceptors (Lipinski definition) is 2. The van der Waals surface area contributed by atoms with Gasteiger partial charge in [-0.1, -0.05) is 12.1 Å². The summed E-state index contributed by atoms with van der Waals surface area (Å²) in [5, 5.41) is 9.14. The van der Waals surface area contributed by atoms with Crippen LogP contribution in [0.4, 0.5) is 0 Å². The molecule has 0 saturated heterocycles.